The van der Waals surface area contributed by atoms with Crippen LogP contribution < -0.4 is 10.6 Å². The minimum atomic E-state index is -0.704. The molecule has 0 amide bonds. The van der Waals surface area contributed by atoms with Gasteiger partial charge in [-0.25, -0.2) is 0 Å². The Hall–Kier alpha value is -0.610. The minimum Gasteiger partial charge on any atom is -0.481 e. The van der Waals surface area contributed by atoms with E-state index in [1.165, 1.54) is 12.8 Å². The number of carboxylic acid groups (broad SMARTS) is 1. The Labute approximate surface area is 77.7 Å². The predicted molar refractivity (Wildman–Crippen MR) is 48.6 cm³/mol. The molecule has 2 fully saturated rings. The zero-order valence-corrected chi connectivity index (χ0v) is 7.68. The molecule has 0 aromatic rings. The van der Waals surface area contributed by atoms with E-state index in [-0.39, 0.29) is 12.0 Å². The van der Waals surface area contributed by atoms with Crippen molar-refractivity contribution >= 4 is 5.97 Å². The molecule has 74 valence electrons. The highest BCUT2D eigenvalue weighted by atomic mass is 16.4. The second-order valence-electron chi connectivity index (χ2n) is 4.28. The highest BCUT2D eigenvalue weighted by molar-refractivity contribution is 5.68. The van der Waals surface area contributed by atoms with E-state index in [9.17, 15) is 4.79 Å². The van der Waals surface area contributed by atoms with Crippen LogP contribution in [0, 0.1) is 5.92 Å². The molecule has 1 heterocycles. The monoisotopic (exact) mass is 184 g/mol. The Bertz CT molecular complexity index is 210. The first-order valence-corrected chi connectivity index (χ1v) is 4.88. The Morgan fingerprint density at radius 1 is 1.54 bits per heavy atom. The average Bonchev–Trinajstić information content (AvgIpc) is 2.76. The Kier molecular flexibility index (Phi) is 2.26. The van der Waals surface area contributed by atoms with Crippen molar-refractivity contribution in [2.45, 2.75) is 24.8 Å². The molecule has 4 heteroatoms. The van der Waals surface area contributed by atoms with Crippen molar-refractivity contribution in [1.82, 2.24) is 10.6 Å². The van der Waals surface area contributed by atoms with Crippen LogP contribution in [-0.4, -0.2) is 36.2 Å². The number of rotatable bonds is 5. The fraction of sp³-hybridized carbons (Fsp3) is 0.889. The van der Waals surface area contributed by atoms with Crippen LogP contribution in [0.5, 0.6) is 0 Å². The van der Waals surface area contributed by atoms with Gasteiger partial charge in [-0.15, -0.1) is 0 Å². The number of hydrogen-bond acceptors (Lipinski definition) is 3. The molecule has 13 heavy (non-hydrogen) atoms. The van der Waals surface area contributed by atoms with Crippen LogP contribution in [0.1, 0.15) is 19.3 Å². The molecule has 1 aliphatic heterocycles. The van der Waals surface area contributed by atoms with Crippen LogP contribution in [0.3, 0.4) is 0 Å². The van der Waals surface area contributed by atoms with Gasteiger partial charge in [-0.3, -0.25) is 4.79 Å². The van der Waals surface area contributed by atoms with Gasteiger partial charge < -0.3 is 15.7 Å². The van der Waals surface area contributed by atoms with Gasteiger partial charge in [0.2, 0.25) is 0 Å². The smallest absolute Gasteiger partial charge is 0.305 e. The van der Waals surface area contributed by atoms with E-state index >= 15 is 0 Å². The number of carboxylic acids is 1. The number of nitrogens with one attached hydrogen (secondary N) is 2. The number of aliphatic carboxylic acids is 1. The average molecular weight is 184 g/mol. The fourth-order valence-electron chi connectivity index (χ4n) is 1.71. The lowest BCUT2D eigenvalue weighted by Gasteiger charge is -2.42. The van der Waals surface area contributed by atoms with Crippen LogP contribution in [0.15, 0.2) is 0 Å². The summed E-state index contributed by atoms with van der Waals surface area (Å²) < 4.78 is 0. The molecule has 0 aromatic heterocycles. The molecule has 0 radical (unpaired) electrons. The second-order valence-corrected chi connectivity index (χ2v) is 4.28. The summed E-state index contributed by atoms with van der Waals surface area (Å²) in [5.74, 6) is 0.107. The maximum Gasteiger partial charge on any atom is 0.305 e. The molecular formula is C9H16N2O2. The third-order valence-electron chi connectivity index (χ3n) is 2.88. The quantitative estimate of drug-likeness (QED) is 0.554. The molecule has 4 nitrogen and oxygen atoms in total. The first kappa shape index (κ1) is 8.97. The number of carbonyl (C=O) groups is 1. The summed E-state index contributed by atoms with van der Waals surface area (Å²) in [7, 11) is 0. The van der Waals surface area contributed by atoms with Gasteiger partial charge in [-0.05, 0) is 25.3 Å². The molecule has 0 spiro atoms. The molecule has 1 saturated heterocycles. The van der Waals surface area contributed by atoms with Crippen molar-refractivity contribution in [3.8, 4) is 0 Å². The van der Waals surface area contributed by atoms with Gasteiger partial charge in [-0.1, -0.05) is 0 Å². The van der Waals surface area contributed by atoms with E-state index in [0.717, 1.165) is 25.6 Å². The van der Waals surface area contributed by atoms with Gasteiger partial charge in [0.15, 0.2) is 0 Å². The fourth-order valence-corrected chi connectivity index (χ4v) is 1.71. The van der Waals surface area contributed by atoms with Crippen LogP contribution in [0.25, 0.3) is 0 Å². The molecule has 0 bridgehead atoms. The Balaban J connectivity index is 1.78. The largest absolute Gasteiger partial charge is 0.481 e. The number of hydrogen-bond donors (Lipinski definition) is 3. The van der Waals surface area contributed by atoms with Gasteiger partial charge in [0, 0.05) is 13.1 Å². The topological polar surface area (TPSA) is 61.4 Å². The first-order chi connectivity index (χ1) is 6.20. The summed E-state index contributed by atoms with van der Waals surface area (Å²) >= 11 is 0. The summed E-state index contributed by atoms with van der Waals surface area (Å²) in [5, 5.41) is 15.2. The highest BCUT2D eigenvalue weighted by Gasteiger charge is 2.39. The van der Waals surface area contributed by atoms with Gasteiger partial charge >= 0.3 is 5.97 Å². The third-order valence-corrected chi connectivity index (χ3v) is 2.88. The molecule has 2 rings (SSSR count). The van der Waals surface area contributed by atoms with E-state index in [1.54, 1.807) is 0 Å². The summed E-state index contributed by atoms with van der Waals surface area (Å²) in [6.07, 6.45) is 2.86. The van der Waals surface area contributed by atoms with Gasteiger partial charge in [0.25, 0.3) is 0 Å². The van der Waals surface area contributed by atoms with Crippen molar-refractivity contribution in [2.75, 3.05) is 19.6 Å². The van der Waals surface area contributed by atoms with Gasteiger partial charge in [0.05, 0.1) is 12.0 Å². The summed E-state index contributed by atoms with van der Waals surface area (Å²) in [6, 6.07) is 0. The van der Waals surface area contributed by atoms with Crippen molar-refractivity contribution in [1.29, 1.82) is 0 Å². The van der Waals surface area contributed by atoms with Gasteiger partial charge in [-0.2, -0.15) is 0 Å². The summed E-state index contributed by atoms with van der Waals surface area (Å²) in [4.78, 5) is 10.6. The van der Waals surface area contributed by atoms with Crippen molar-refractivity contribution in [3.63, 3.8) is 0 Å². The highest BCUT2D eigenvalue weighted by Crippen LogP contribution is 2.29. The standard InChI is InChI=1S/C9H16N2O2/c12-8(13)3-9(5-10-6-9)11-4-7-1-2-7/h7,10-11H,1-6H2,(H,12,13). The lowest BCUT2D eigenvalue weighted by Crippen LogP contribution is -2.68. The zero-order chi connectivity index (χ0) is 9.31. The van der Waals surface area contributed by atoms with Crippen molar-refractivity contribution in [3.05, 3.63) is 0 Å². The molecule has 0 atom stereocenters. The molecular weight excluding hydrogens is 168 g/mol. The summed E-state index contributed by atoms with van der Waals surface area (Å²) in [5.41, 5.74) is -0.144. The van der Waals surface area contributed by atoms with Crippen molar-refractivity contribution in [2.24, 2.45) is 5.92 Å². The maximum atomic E-state index is 10.6. The zero-order valence-electron chi connectivity index (χ0n) is 7.68. The summed E-state index contributed by atoms with van der Waals surface area (Å²) in [6.45, 7) is 2.59. The van der Waals surface area contributed by atoms with Gasteiger partial charge in [0.1, 0.15) is 0 Å². The lowest BCUT2D eigenvalue weighted by atomic mass is 9.88. The minimum absolute atomic E-state index is 0.144. The van der Waals surface area contributed by atoms with Crippen LogP contribution in [0.2, 0.25) is 0 Å². The molecule has 0 unspecified atom stereocenters. The molecule has 1 saturated carbocycles. The van der Waals surface area contributed by atoms with E-state index in [4.69, 9.17) is 5.11 Å². The van der Waals surface area contributed by atoms with Crippen LogP contribution in [0.4, 0.5) is 0 Å². The lowest BCUT2D eigenvalue weighted by molar-refractivity contribution is -0.139. The van der Waals surface area contributed by atoms with Crippen LogP contribution in [-0.2, 0) is 4.79 Å². The normalized spacial score (nSPS) is 25.2. The van der Waals surface area contributed by atoms with E-state index < -0.39 is 5.97 Å². The molecule has 1 aliphatic carbocycles. The molecule has 3 N–H and O–H groups in total. The van der Waals surface area contributed by atoms with E-state index in [1.807, 2.05) is 0 Å². The molecule has 2 aliphatic rings. The SMILES string of the molecule is O=C(O)CC1(NCC2CC2)CNC1. The Morgan fingerprint density at radius 2 is 2.23 bits per heavy atom. The van der Waals surface area contributed by atoms with E-state index in [2.05, 4.69) is 10.6 Å². The first-order valence-electron chi connectivity index (χ1n) is 4.88. The Morgan fingerprint density at radius 3 is 2.62 bits per heavy atom. The second kappa shape index (κ2) is 3.27. The molecule has 0 aromatic carbocycles. The van der Waals surface area contributed by atoms with Crippen LogP contribution >= 0.6 is 0 Å². The predicted octanol–water partition coefficient (Wildman–Crippen LogP) is -0.197. The van der Waals surface area contributed by atoms with E-state index in [0.29, 0.717) is 0 Å². The maximum absolute atomic E-state index is 10.6. The van der Waals surface area contributed by atoms with Crippen molar-refractivity contribution < 1.29 is 9.90 Å². The third kappa shape index (κ3) is 2.19.